The van der Waals surface area contributed by atoms with E-state index in [9.17, 15) is 4.79 Å². The number of carbonyl (C=O) groups excluding carboxylic acids is 1. The van der Waals surface area contributed by atoms with Crippen LogP contribution in [0.1, 0.15) is 39.2 Å². The lowest BCUT2D eigenvalue weighted by molar-refractivity contribution is -0.134. The van der Waals surface area contributed by atoms with Gasteiger partial charge in [-0.2, -0.15) is 0 Å². The Morgan fingerprint density at radius 3 is 2.61 bits per heavy atom. The summed E-state index contributed by atoms with van der Waals surface area (Å²) in [7, 11) is 0. The molecule has 1 unspecified atom stereocenters. The molecule has 1 atom stereocenters. The molecule has 4 nitrogen and oxygen atoms in total. The molecule has 23 heavy (non-hydrogen) atoms. The van der Waals surface area contributed by atoms with Gasteiger partial charge in [0.2, 0.25) is 4.33 Å². The Labute approximate surface area is 146 Å². The number of likely N-dealkylation sites (tertiary alicyclic amines) is 1. The van der Waals surface area contributed by atoms with Gasteiger partial charge in [0.1, 0.15) is 11.5 Å². The molecule has 0 N–H and O–H groups in total. The summed E-state index contributed by atoms with van der Waals surface area (Å²) in [6.07, 6.45) is 2.43. The fourth-order valence-electron chi connectivity index (χ4n) is 3.28. The Morgan fingerprint density at radius 1 is 1.35 bits per heavy atom. The second-order valence-electron chi connectivity index (χ2n) is 6.87. The van der Waals surface area contributed by atoms with Crippen LogP contribution in [0.4, 0.5) is 0 Å². The van der Waals surface area contributed by atoms with Gasteiger partial charge in [0, 0.05) is 24.1 Å². The van der Waals surface area contributed by atoms with Crippen molar-refractivity contribution in [2.24, 2.45) is 0 Å². The topological polar surface area (TPSA) is 38.8 Å². The van der Waals surface area contributed by atoms with Gasteiger partial charge in [-0.15, -0.1) is 0 Å². The van der Waals surface area contributed by atoms with Crippen LogP contribution in [0.25, 0.3) is 0 Å². The third-order valence-electron chi connectivity index (χ3n) is 4.54. The first-order chi connectivity index (χ1) is 10.7. The molecule has 1 aromatic carbocycles. The summed E-state index contributed by atoms with van der Waals surface area (Å²) in [6.45, 7) is 7.81. The van der Waals surface area contributed by atoms with Crippen molar-refractivity contribution in [1.29, 1.82) is 0 Å². The maximum atomic E-state index is 11.8. The van der Waals surface area contributed by atoms with Gasteiger partial charge in [0.15, 0.2) is 6.23 Å². The Kier molecular flexibility index (Phi) is 4.28. The predicted octanol–water partition coefficient (Wildman–Crippen LogP) is 3.88. The van der Waals surface area contributed by atoms with E-state index < -0.39 is 10.3 Å². The van der Waals surface area contributed by atoms with Gasteiger partial charge in [-0.05, 0) is 38.0 Å². The van der Waals surface area contributed by atoms with Crippen LogP contribution < -0.4 is 9.47 Å². The second-order valence-corrected chi connectivity index (χ2v) is 8.58. The summed E-state index contributed by atoms with van der Waals surface area (Å²) >= 11 is 11.6. The standard InChI is InChI=1S/C17H21Cl2NO3/c1-16(2)12-10-11(22-15(21)17(3,18)19)6-7-13(12)23-14(16)20-8-4-5-9-20/h6-7,10,14H,4-5,8-9H2,1-3H3. The van der Waals surface area contributed by atoms with E-state index in [0.29, 0.717) is 5.75 Å². The fourth-order valence-corrected chi connectivity index (χ4v) is 3.36. The average molecular weight is 358 g/mol. The molecule has 1 fully saturated rings. The molecule has 0 spiro atoms. The number of rotatable bonds is 3. The Morgan fingerprint density at radius 2 is 2.00 bits per heavy atom. The highest BCUT2D eigenvalue weighted by Gasteiger charge is 2.45. The monoisotopic (exact) mass is 357 g/mol. The number of hydrogen-bond donors (Lipinski definition) is 0. The van der Waals surface area contributed by atoms with Gasteiger partial charge < -0.3 is 9.47 Å². The highest BCUT2D eigenvalue weighted by molar-refractivity contribution is 6.57. The van der Waals surface area contributed by atoms with Crippen LogP contribution in [-0.2, 0) is 10.2 Å². The van der Waals surface area contributed by atoms with Crippen molar-refractivity contribution < 1.29 is 14.3 Å². The molecule has 0 radical (unpaired) electrons. The number of esters is 1. The average Bonchev–Trinajstić information content (AvgIpc) is 3.05. The van der Waals surface area contributed by atoms with E-state index in [1.165, 1.54) is 19.8 Å². The second kappa shape index (κ2) is 5.83. The van der Waals surface area contributed by atoms with E-state index in [1.807, 2.05) is 12.1 Å². The van der Waals surface area contributed by atoms with E-state index in [4.69, 9.17) is 32.7 Å². The lowest BCUT2D eigenvalue weighted by atomic mass is 9.83. The van der Waals surface area contributed by atoms with Gasteiger partial charge in [-0.3, -0.25) is 4.90 Å². The number of nitrogens with zero attached hydrogens (tertiary/aromatic N) is 1. The van der Waals surface area contributed by atoms with Crippen LogP contribution in [0, 0.1) is 0 Å². The van der Waals surface area contributed by atoms with Gasteiger partial charge in [0.25, 0.3) is 0 Å². The number of alkyl halides is 2. The van der Waals surface area contributed by atoms with Crippen LogP contribution in [0.2, 0.25) is 0 Å². The zero-order valence-corrected chi connectivity index (χ0v) is 15.1. The van der Waals surface area contributed by atoms with Crippen LogP contribution in [0.3, 0.4) is 0 Å². The maximum Gasteiger partial charge on any atom is 0.347 e. The summed E-state index contributed by atoms with van der Waals surface area (Å²) in [5.74, 6) is 0.583. The molecule has 2 aliphatic rings. The Hall–Kier alpha value is -0.970. The lowest BCUT2D eigenvalue weighted by Crippen LogP contribution is -2.46. The number of benzene rings is 1. The van der Waals surface area contributed by atoms with Crippen molar-refractivity contribution >= 4 is 29.2 Å². The zero-order valence-electron chi connectivity index (χ0n) is 13.6. The molecule has 6 heteroatoms. The number of hydrogen-bond acceptors (Lipinski definition) is 4. The van der Waals surface area contributed by atoms with E-state index in [0.717, 1.165) is 24.4 Å². The van der Waals surface area contributed by atoms with E-state index in [2.05, 4.69) is 18.7 Å². The van der Waals surface area contributed by atoms with Crippen molar-refractivity contribution in [1.82, 2.24) is 4.90 Å². The molecular weight excluding hydrogens is 337 g/mol. The first kappa shape index (κ1) is 16.9. The van der Waals surface area contributed by atoms with Crippen molar-refractivity contribution in [2.45, 2.75) is 49.6 Å². The van der Waals surface area contributed by atoms with Gasteiger partial charge >= 0.3 is 5.97 Å². The minimum absolute atomic E-state index is 0.0114. The summed E-state index contributed by atoms with van der Waals surface area (Å²) in [5, 5.41) is 0. The number of fused-ring (bicyclic) bond motifs is 1. The van der Waals surface area contributed by atoms with Crippen molar-refractivity contribution in [3.05, 3.63) is 23.8 Å². The number of ether oxygens (including phenoxy) is 2. The molecule has 3 rings (SSSR count). The molecule has 2 heterocycles. The van der Waals surface area contributed by atoms with Crippen LogP contribution >= 0.6 is 23.2 Å². The molecular formula is C17H21Cl2NO3. The largest absolute Gasteiger partial charge is 0.474 e. The lowest BCUT2D eigenvalue weighted by Gasteiger charge is -2.33. The van der Waals surface area contributed by atoms with Crippen molar-refractivity contribution in [3.63, 3.8) is 0 Å². The molecule has 126 valence electrons. The number of halogens is 2. The highest BCUT2D eigenvalue weighted by Crippen LogP contribution is 2.46. The fraction of sp³-hybridized carbons (Fsp3) is 0.588. The van der Waals surface area contributed by atoms with Crippen LogP contribution in [0.5, 0.6) is 11.5 Å². The van der Waals surface area contributed by atoms with Gasteiger partial charge in [-0.1, -0.05) is 37.0 Å². The van der Waals surface area contributed by atoms with Crippen molar-refractivity contribution in [3.8, 4) is 11.5 Å². The quantitative estimate of drug-likeness (QED) is 0.467. The third-order valence-corrected chi connectivity index (χ3v) is 4.85. The predicted molar refractivity (Wildman–Crippen MR) is 90.4 cm³/mol. The third kappa shape index (κ3) is 3.17. The molecule has 0 bridgehead atoms. The summed E-state index contributed by atoms with van der Waals surface area (Å²) < 4.78 is 9.89. The zero-order chi connectivity index (χ0) is 16.8. The first-order valence-electron chi connectivity index (χ1n) is 7.85. The smallest absolute Gasteiger partial charge is 0.347 e. The Bertz CT molecular complexity index is 619. The minimum Gasteiger partial charge on any atom is -0.474 e. The normalized spacial score (nSPS) is 23.4. The number of carbonyl (C=O) groups is 1. The SMILES string of the molecule is CC(Cl)(Cl)C(=O)Oc1ccc2c(c1)C(C)(C)C(N1CCCC1)O2. The molecule has 0 saturated carbocycles. The van der Waals surface area contributed by atoms with E-state index in [-0.39, 0.29) is 11.6 Å². The van der Waals surface area contributed by atoms with Crippen molar-refractivity contribution in [2.75, 3.05) is 13.1 Å². The molecule has 1 aromatic rings. The van der Waals surface area contributed by atoms with Crippen LogP contribution in [-0.4, -0.2) is 34.5 Å². The van der Waals surface area contributed by atoms with E-state index in [1.54, 1.807) is 6.07 Å². The summed E-state index contributed by atoms with van der Waals surface area (Å²) in [4.78, 5) is 14.2. The molecule has 2 aliphatic heterocycles. The molecule has 0 aromatic heterocycles. The Balaban J connectivity index is 1.84. The van der Waals surface area contributed by atoms with Gasteiger partial charge in [-0.25, -0.2) is 4.79 Å². The summed E-state index contributed by atoms with van der Waals surface area (Å²) in [6, 6.07) is 5.40. The maximum absolute atomic E-state index is 11.8. The van der Waals surface area contributed by atoms with E-state index >= 15 is 0 Å². The van der Waals surface area contributed by atoms with Gasteiger partial charge in [0.05, 0.1) is 0 Å². The molecule has 0 aliphatic carbocycles. The van der Waals surface area contributed by atoms with Crippen LogP contribution in [0.15, 0.2) is 18.2 Å². The first-order valence-corrected chi connectivity index (χ1v) is 8.60. The summed E-state index contributed by atoms with van der Waals surface area (Å²) in [5.41, 5.74) is 0.846. The molecule has 1 saturated heterocycles. The molecule has 0 amide bonds. The minimum atomic E-state index is -1.57. The highest BCUT2D eigenvalue weighted by atomic mass is 35.5.